The Morgan fingerprint density at radius 2 is 1.58 bits per heavy atom. The molecule has 3 fully saturated rings. The summed E-state index contributed by atoms with van der Waals surface area (Å²) in [7, 11) is 2.54. The minimum atomic E-state index is -1.05. The zero-order valence-electron chi connectivity index (χ0n) is 29.9. The van der Waals surface area contributed by atoms with Gasteiger partial charge in [-0.1, -0.05) is 48.5 Å². The molecule has 1 aliphatic carbocycles. The van der Waals surface area contributed by atoms with Crippen molar-refractivity contribution in [1.82, 2.24) is 25.0 Å². The van der Waals surface area contributed by atoms with Crippen LogP contribution in [0.1, 0.15) is 74.3 Å². The van der Waals surface area contributed by atoms with Crippen LogP contribution in [0.5, 0.6) is 0 Å². The van der Waals surface area contributed by atoms with Crippen LogP contribution in [0.2, 0.25) is 10.0 Å². The van der Waals surface area contributed by atoms with Gasteiger partial charge in [-0.3, -0.25) is 14.5 Å². The molecule has 1 saturated carbocycles. The highest BCUT2D eigenvalue weighted by Gasteiger charge is 2.43. The van der Waals surface area contributed by atoms with E-state index in [1.807, 2.05) is 10.3 Å². The number of nitrogens with zero attached hydrogens (tertiary/aromatic N) is 4. The van der Waals surface area contributed by atoms with Gasteiger partial charge in [-0.2, -0.15) is 0 Å². The number of carbonyl (C=O) groups excluding carboxylic acids is 4. The summed E-state index contributed by atoms with van der Waals surface area (Å²) in [5.41, 5.74) is 1.52. The van der Waals surface area contributed by atoms with Gasteiger partial charge in [0.15, 0.2) is 0 Å². The molecule has 0 radical (unpaired) electrons. The predicted molar refractivity (Wildman–Crippen MR) is 200 cm³/mol. The van der Waals surface area contributed by atoms with Crippen molar-refractivity contribution < 1.29 is 28.7 Å². The number of amides is 2. The number of aryl methyl sites for hydroxylation is 1. The van der Waals surface area contributed by atoms with Gasteiger partial charge in [-0.05, 0) is 37.8 Å². The molecule has 6 rings (SSSR count). The Morgan fingerprint density at radius 1 is 0.904 bits per heavy atom. The van der Waals surface area contributed by atoms with E-state index in [1.165, 1.54) is 44.8 Å². The lowest BCUT2D eigenvalue weighted by molar-refractivity contribution is -0.137. The van der Waals surface area contributed by atoms with Gasteiger partial charge in [0.2, 0.25) is 11.8 Å². The molecule has 2 saturated heterocycles. The quantitative estimate of drug-likeness (QED) is 0.270. The second kappa shape index (κ2) is 17.1. The van der Waals surface area contributed by atoms with Gasteiger partial charge in [0.25, 0.3) is 0 Å². The number of rotatable bonds is 12. The van der Waals surface area contributed by atoms with Crippen LogP contribution in [0, 0.1) is 5.41 Å². The van der Waals surface area contributed by atoms with Gasteiger partial charge in [-0.15, -0.1) is 11.3 Å². The second-order valence-electron chi connectivity index (χ2n) is 14.2. The number of likely N-dealkylation sites (tertiary alicyclic amines) is 1. The van der Waals surface area contributed by atoms with Gasteiger partial charge < -0.3 is 24.6 Å². The number of allylic oxidation sites excluding steroid dienone is 1. The fourth-order valence-corrected chi connectivity index (χ4v) is 9.60. The van der Waals surface area contributed by atoms with Gasteiger partial charge in [-0.25, -0.2) is 14.6 Å². The van der Waals surface area contributed by atoms with E-state index in [-0.39, 0.29) is 44.8 Å². The summed E-state index contributed by atoms with van der Waals surface area (Å²) in [5.74, 6) is -2.30. The third-order valence-corrected chi connectivity index (χ3v) is 12.4. The van der Waals surface area contributed by atoms with Crippen molar-refractivity contribution in [3.63, 3.8) is 0 Å². The van der Waals surface area contributed by atoms with E-state index < -0.39 is 17.9 Å². The molecule has 4 heterocycles. The Balaban J connectivity index is 1.25. The monoisotopic (exact) mass is 771 g/mol. The molecule has 3 aliphatic heterocycles. The van der Waals surface area contributed by atoms with E-state index in [0.29, 0.717) is 49.3 Å². The van der Waals surface area contributed by atoms with Crippen LogP contribution in [-0.4, -0.2) is 103 Å². The molecule has 1 unspecified atom stereocenters. The van der Waals surface area contributed by atoms with E-state index in [4.69, 9.17) is 32.7 Å². The van der Waals surface area contributed by atoms with Crippen molar-refractivity contribution in [1.29, 1.82) is 0 Å². The first-order chi connectivity index (χ1) is 25.1. The smallest absolute Gasteiger partial charge is 0.336 e. The lowest BCUT2D eigenvalue weighted by Crippen LogP contribution is -2.54. The molecule has 14 heteroatoms. The van der Waals surface area contributed by atoms with Crippen molar-refractivity contribution >= 4 is 58.3 Å². The highest BCUT2D eigenvalue weighted by molar-refractivity contribution is 7.09. The lowest BCUT2D eigenvalue weighted by Gasteiger charge is -2.45. The molecule has 2 aromatic rings. The Bertz CT molecular complexity index is 1700. The molecule has 1 aromatic carbocycles. The summed E-state index contributed by atoms with van der Waals surface area (Å²) in [4.78, 5) is 64.7. The number of carbonyl (C=O) groups is 4. The Hall–Kier alpha value is -3.45. The molecule has 11 nitrogen and oxygen atoms in total. The van der Waals surface area contributed by atoms with Gasteiger partial charge >= 0.3 is 11.9 Å². The van der Waals surface area contributed by atoms with Crippen LogP contribution in [0.3, 0.4) is 0 Å². The van der Waals surface area contributed by atoms with E-state index in [1.54, 1.807) is 24.4 Å². The summed E-state index contributed by atoms with van der Waals surface area (Å²) in [6.07, 6.45) is 9.90. The molecular formula is C38H47Cl2N5O6S. The molecule has 1 atom stereocenters. The zero-order chi connectivity index (χ0) is 36.8. The third kappa shape index (κ3) is 8.51. The summed E-state index contributed by atoms with van der Waals surface area (Å²) < 4.78 is 10.5. The summed E-state index contributed by atoms with van der Waals surface area (Å²) in [6.45, 7) is 5.12. The van der Waals surface area contributed by atoms with Crippen molar-refractivity contribution in [3.05, 3.63) is 72.9 Å². The SMILES string of the molecule is COC(=O)C1=C(CCc2nccs2)NC(CC(=O)N2CCN(CC3(CN4CCCC4=O)CCCCC3)CC2)=C(C(=O)OC)C1c1c(Cl)cccc1Cl. The van der Waals surface area contributed by atoms with E-state index in [9.17, 15) is 19.2 Å². The largest absolute Gasteiger partial charge is 0.466 e. The standard InChI is InChI=1S/C38H47Cl2N5O6S/c1-50-36(48)33-27(11-12-29-41-15-21-52-29)42-28(34(37(49)51-2)35(33)32-25(39)8-6-9-26(32)40)22-31(47)44-19-17-43(18-20-44)23-38(13-4-3-5-14-38)24-45-16-7-10-30(45)46/h6,8-9,15,21,35,42H,3-5,7,10-14,16-20,22-24H2,1-2H3. The maximum Gasteiger partial charge on any atom is 0.336 e. The van der Waals surface area contributed by atoms with Crippen LogP contribution in [0.15, 0.2) is 52.3 Å². The highest BCUT2D eigenvalue weighted by Crippen LogP contribution is 2.46. The number of hydrogen-bond acceptors (Lipinski definition) is 10. The van der Waals surface area contributed by atoms with Crippen LogP contribution in [0.4, 0.5) is 0 Å². The Labute approximate surface area is 319 Å². The minimum Gasteiger partial charge on any atom is -0.466 e. The lowest BCUT2D eigenvalue weighted by atomic mass is 9.73. The Morgan fingerprint density at radius 3 is 2.17 bits per heavy atom. The summed E-state index contributed by atoms with van der Waals surface area (Å²) in [6, 6.07) is 4.98. The van der Waals surface area contributed by atoms with Crippen LogP contribution in [0.25, 0.3) is 0 Å². The van der Waals surface area contributed by atoms with E-state index >= 15 is 0 Å². The van der Waals surface area contributed by atoms with Crippen molar-refractivity contribution in [3.8, 4) is 0 Å². The number of esters is 2. The van der Waals surface area contributed by atoms with Crippen molar-refractivity contribution in [2.24, 2.45) is 5.41 Å². The van der Waals surface area contributed by atoms with Crippen molar-refractivity contribution in [2.45, 2.75) is 70.1 Å². The molecular weight excluding hydrogens is 725 g/mol. The average molecular weight is 773 g/mol. The molecule has 1 aromatic heterocycles. The number of hydrogen-bond donors (Lipinski definition) is 1. The number of aromatic nitrogens is 1. The number of nitrogens with one attached hydrogen (secondary N) is 1. The maximum atomic E-state index is 14.1. The van der Waals surface area contributed by atoms with Crippen molar-refractivity contribution in [2.75, 3.05) is 60.0 Å². The maximum absolute atomic E-state index is 14.1. The van der Waals surface area contributed by atoms with E-state index in [0.717, 1.165) is 57.0 Å². The first kappa shape index (κ1) is 38.3. The normalized spacial score (nSPS) is 21.0. The van der Waals surface area contributed by atoms with Gasteiger partial charge in [0.05, 0.1) is 42.7 Å². The summed E-state index contributed by atoms with van der Waals surface area (Å²) >= 11 is 15.0. The molecule has 52 heavy (non-hydrogen) atoms. The molecule has 4 aliphatic rings. The van der Waals surface area contributed by atoms with Crippen LogP contribution in [-0.2, 0) is 35.1 Å². The molecule has 2 amide bonds. The number of piperazine rings is 1. The topological polar surface area (TPSA) is 121 Å². The number of benzene rings is 1. The fourth-order valence-electron chi connectivity index (χ4n) is 8.37. The number of thiazole rings is 1. The minimum absolute atomic E-state index is 0.0820. The third-order valence-electron chi connectivity index (χ3n) is 10.9. The fraction of sp³-hybridized carbons (Fsp3) is 0.553. The van der Waals surface area contributed by atoms with Gasteiger partial charge in [0.1, 0.15) is 0 Å². The Kier molecular flexibility index (Phi) is 12.6. The first-order valence-corrected chi connectivity index (χ1v) is 19.8. The highest BCUT2D eigenvalue weighted by atomic mass is 35.5. The van der Waals surface area contributed by atoms with E-state index in [2.05, 4.69) is 20.1 Å². The summed E-state index contributed by atoms with van der Waals surface area (Å²) in [5, 5.41) is 6.58. The number of ether oxygens (including phenoxy) is 2. The van der Waals surface area contributed by atoms with Gasteiger partial charge in [0, 0.05) is 103 Å². The molecule has 1 N–H and O–H groups in total. The first-order valence-electron chi connectivity index (χ1n) is 18.1. The molecule has 280 valence electrons. The van der Waals surface area contributed by atoms with Crippen LogP contribution < -0.4 is 5.32 Å². The number of methoxy groups -OCH3 is 2. The zero-order valence-corrected chi connectivity index (χ0v) is 32.2. The predicted octanol–water partition coefficient (Wildman–Crippen LogP) is 5.73. The second-order valence-corrected chi connectivity index (χ2v) is 16.0. The number of halogens is 2. The number of dihydropyridines is 1. The average Bonchev–Trinajstić information content (AvgIpc) is 3.82. The van der Waals surface area contributed by atoms with Crippen LogP contribution >= 0.6 is 34.5 Å². The molecule has 0 spiro atoms. The molecule has 0 bridgehead atoms.